The molecule has 0 radical (unpaired) electrons. The lowest BCUT2D eigenvalue weighted by Gasteiger charge is -2.20. The molecule has 6 nitrogen and oxygen atoms in total. The summed E-state index contributed by atoms with van der Waals surface area (Å²) >= 11 is 0. The average molecular weight is 427 g/mol. The van der Waals surface area contributed by atoms with E-state index >= 15 is 0 Å². The number of benzene rings is 1. The zero-order valence-electron chi connectivity index (χ0n) is 19.5. The van der Waals surface area contributed by atoms with E-state index in [0.29, 0.717) is 42.1 Å². The van der Waals surface area contributed by atoms with Crippen molar-refractivity contribution < 1.29 is 19.1 Å². The van der Waals surface area contributed by atoms with Gasteiger partial charge >= 0.3 is 12.1 Å². The number of hydrogen-bond donors (Lipinski definition) is 0. The van der Waals surface area contributed by atoms with Crippen LogP contribution in [0.25, 0.3) is 5.57 Å². The van der Waals surface area contributed by atoms with Gasteiger partial charge < -0.3 is 9.47 Å². The molecular weight excluding hydrogens is 392 g/mol. The molecule has 2 aromatic rings. The first-order valence-corrected chi connectivity index (χ1v) is 10.9. The van der Waals surface area contributed by atoms with Crippen molar-refractivity contribution in [3.8, 4) is 0 Å². The standard InChI is InChI=1S/C25H34N2O4/c1-7-9-15-22-26-21(17-27(22)24(29)31-25(4,5)6)18(3)20(23(28)30-8-2)16-19-13-11-10-12-14-19/h10-14,17H,7-9,15-16H2,1-6H3/b20-18+. The molecule has 0 amide bonds. The van der Waals surface area contributed by atoms with Crippen LogP contribution in [0, 0.1) is 0 Å². The lowest BCUT2D eigenvalue weighted by atomic mass is 9.99. The molecular formula is C25H34N2O4. The van der Waals surface area contributed by atoms with Gasteiger partial charge in [0, 0.05) is 24.6 Å². The van der Waals surface area contributed by atoms with Crippen molar-refractivity contribution in [2.75, 3.05) is 6.61 Å². The lowest BCUT2D eigenvalue weighted by molar-refractivity contribution is -0.138. The molecule has 1 heterocycles. The van der Waals surface area contributed by atoms with Gasteiger partial charge in [-0.25, -0.2) is 19.1 Å². The summed E-state index contributed by atoms with van der Waals surface area (Å²) in [5.41, 5.74) is 2.20. The fourth-order valence-corrected chi connectivity index (χ4v) is 3.11. The van der Waals surface area contributed by atoms with Crippen molar-refractivity contribution in [2.45, 2.75) is 72.8 Å². The minimum Gasteiger partial charge on any atom is -0.463 e. The van der Waals surface area contributed by atoms with E-state index in [1.807, 2.05) is 58.0 Å². The molecule has 0 aliphatic carbocycles. The van der Waals surface area contributed by atoms with E-state index < -0.39 is 11.7 Å². The SMILES string of the molecule is CCCCc1nc(/C(C)=C(\Cc2ccccc2)C(=O)OCC)cn1C(=O)OC(C)(C)C. The first kappa shape index (κ1) is 24.4. The topological polar surface area (TPSA) is 70.4 Å². The fraction of sp³-hybridized carbons (Fsp3) is 0.480. The van der Waals surface area contributed by atoms with Crippen molar-refractivity contribution in [3.63, 3.8) is 0 Å². The zero-order valence-corrected chi connectivity index (χ0v) is 19.5. The van der Waals surface area contributed by atoms with E-state index in [2.05, 4.69) is 6.92 Å². The van der Waals surface area contributed by atoms with Crippen LogP contribution in [0.2, 0.25) is 0 Å². The molecule has 0 atom stereocenters. The van der Waals surface area contributed by atoms with Crippen molar-refractivity contribution in [1.29, 1.82) is 0 Å². The summed E-state index contributed by atoms with van der Waals surface area (Å²) in [5, 5.41) is 0. The number of aromatic nitrogens is 2. The number of carbonyl (C=O) groups is 2. The largest absolute Gasteiger partial charge is 0.463 e. The van der Waals surface area contributed by atoms with E-state index in [4.69, 9.17) is 14.5 Å². The van der Waals surface area contributed by atoms with Crippen molar-refractivity contribution in [3.05, 3.63) is 59.2 Å². The monoisotopic (exact) mass is 426 g/mol. The second kappa shape index (κ2) is 10.9. The predicted octanol–water partition coefficient (Wildman–Crippen LogP) is 5.59. The zero-order chi connectivity index (χ0) is 23.0. The van der Waals surface area contributed by atoms with E-state index in [1.165, 1.54) is 4.57 Å². The minimum atomic E-state index is -0.613. The van der Waals surface area contributed by atoms with Gasteiger partial charge in [0.15, 0.2) is 0 Å². The van der Waals surface area contributed by atoms with Crippen LogP contribution < -0.4 is 0 Å². The fourth-order valence-electron chi connectivity index (χ4n) is 3.11. The van der Waals surface area contributed by atoms with Gasteiger partial charge in [-0.2, -0.15) is 0 Å². The number of aryl methyl sites for hydroxylation is 1. The third-order valence-corrected chi connectivity index (χ3v) is 4.71. The van der Waals surface area contributed by atoms with Gasteiger partial charge in [0.2, 0.25) is 0 Å². The van der Waals surface area contributed by atoms with Crippen LogP contribution in [-0.4, -0.2) is 33.8 Å². The van der Waals surface area contributed by atoms with Gasteiger partial charge in [-0.05, 0) is 52.2 Å². The molecule has 6 heteroatoms. The normalized spacial score (nSPS) is 12.3. The third kappa shape index (κ3) is 7.09. The van der Waals surface area contributed by atoms with Crippen LogP contribution >= 0.6 is 0 Å². The number of ether oxygens (including phenoxy) is 2. The average Bonchev–Trinajstić information content (AvgIpc) is 3.14. The molecule has 31 heavy (non-hydrogen) atoms. The molecule has 1 aromatic heterocycles. The van der Waals surface area contributed by atoms with Gasteiger partial charge in [0.1, 0.15) is 11.4 Å². The highest BCUT2D eigenvalue weighted by Crippen LogP contribution is 2.24. The Labute approximate surface area is 185 Å². The summed E-state index contributed by atoms with van der Waals surface area (Å²) in [4.78, 5) is 30.2. The van der Waals surface area contributed by atoms with Crippen LogP contribution in [0.4, 0.5) is 4.79 Å². The number of imidazole rings is 1. The van der Waals surface area contributed by atoms with Crippen molar-refractivity contribution in [2.24, 2.45) is 0 Å². The van der Waals surface area contributed by atoms with Gasteiger partial charge in [-0.3, -0.25) is 0 Å². The molecule has 0 N–H and O–H groups in total. The van der Waals surface area contributed by atoms with E-state index in [1.54, 1.807) is 13.1 Å². The molecule has 0 aliphatic rings. The van der Waals surface area contributed by atoms with Crippen molar-refractivity contribution in [1.82, 2.24) is 9.55 Å². The molecule has 0 bridgehead atoms. The number of hydrogen-bond acceptors (Lipinski definition) is 5. The molecule has 0 saturated heterocycles. The molecule has 2 rings (SSSR count). The van der Waals surface area contributed by atoms with Crippen LogP contribution in [0.15, 0.2) is 42.1 Å². The van der Waals surface area contributed by atoms with Gasteiger partial charge in [0.25, 0.3) is 0 Å². The smallest absolute Gasteiger partial charge is 0.420 e. The quantitative estimate of drug-likeness (QED) is 0.407. The van der Waals surface area contributed by atoms with E-state index in [0.717, 1.165) is 18.4 Å². The maximum atomic E-state index is 12.8. The highest BCUT2D eigenvalue weighted by atomic mass is 16.6. The van der Waals surface area contributed by atoms with Crippen LogP contribution in [0.3, 0.4) is 0 Å². The van der Waals surface area contributed by atoms with Crippen LogP contribution in [0.1, 0.15) is 71.5 Å². The number of rotatable bonds is 8. The molecule has 0 saturated carbocycles. The maximum Gasteiger partial charge on any atom is 0.420 e. The predicted molar refractivity (Wildman–Crippen MR) is 122 cm³/mol. The summed E-state index contributed by atoms with van der Waals surface area (Å²) < 4.78 is 12.3. The first-order chi connectivity index (χ1) is 14.7. The number of esters is 1. The van der Waals surface area contributed by atoms with Crippen LogP contribution in [-0.2, 0) is 27.1 Å². The second-order valence-corrected chi connectivity index (χ2v) is 8.48. The Morgan fingerprint density at radius 1 is 1.10 bits per heavy atom. The highest BCUT2D eigenvalue weighted by Gasteiger charge is 2.23. The molecule has 0 aliphatic heterocycles. The van der Waals surface area contributed by atoms with Crippen molar-refractivity contribution >= 4 is 17.6 Å². The Morgan fingerprint density at radius 3 is 2.35 bits per heavy atom. The molecule has 0 spiro atoms. The van der Waals surface area contributed by atoms with E-state index in [9.17, 15) is 9.59 Å². The number of allylic oxidation sites excluding steroid dienone is 1. The summed E-state index contributed by atoms with van der Waals surface area (Å²) in [7, 11) is 0. The minimum absolute atomic E-state index is 0.290. The molecule has 0 fully saturated rings. The Balaban J connectivity index is 2.50. The van der Waals surface area contributed by atoms with Gasteiger partial charge in [-0.1, -0.05) is 43.7 Å². The number of nitrogens with zero attached hydrogens (tertiary/aromatic N) is 2. The Bertz CT molecular complexity index is 921. The first-order valence-electron chi connectivity index (χ1n) is 10.9. The van der Waals surface area contributed by atoms with Gasteiger partial charge in [0.05, 0.1) is 12.3 Å². The Hall–Kier alpha value is -2.89. The summed E-state index contributed by atoms with van der Waals surface area (Å²) in [6.45, 7) is 11.5. The maximum absolute atomic E-state index is 12.8. The molecule has 1 aromatic carbocycles. The molecule has 0 unspecified atom stereocenters. The summed E-state index contributed by atoms with van der Waals surface area (Å²) in [6, 6.07) is 9.75. The highest BCUT2D eigenvalue weighted by molar-refractivity contribution is 5.97. The Kier molecular flexibility index (Phi) is 8.60. The van der Waals surface area contributed by atoms with Gasteiger partial charge in [-0.15, -0.1) is 0 Å². The van der Waals surface area contributed by atoms with E-state index in [-0.39, 0.29) is 5.97 Å². The summed E-state index contributed by atoms with van der Waals surface area (Å²) in [6.07, 6.45) is 4.15. The molecule has 168 valence electrons. The Morgan fingerprint density at radius 2 is 1.77 bits per heavy atom. The number of carbonyl (C=O) groups excluding carboxylic acids is 2. The lowest BCUT2D eigenvalue weighted by Crippen LogP contribution is -2.27. The summed E-state index contributed by atoms with van der Waals surface area (Å²) in [5.74, 6) is 0.263. The van der Waals surface area contributed by atoms with Crippen LogP contribution in [0.5, 0.6) is 0 Å². The number of unbranched alkanes of at least 4 members (excludes halogenated alkanes) is 1. The second-order valence-electron chi connectivity index (χ2n) is 8.48. The third-order valence-electron chi connectivity index (χ3n) is 4.71.